The quantitative estimate of drug-likeness (QED) is 0.223. The molecule has 0 fully saturated rings. The van der Waals surface area contributed by atoms with Crippen LogP contribution in [0.1, 0.15) is 61.8 Å². The smallest absolute Gasteiger partial charge is 0.141 e. The van der Waals surface area contributed by atoms with Crippen molar-refractivity contribution >= 4 is 45.2 Å². The number of halogens is 2. The lowest BCUT2D eigenvalue weighted by Crippen LogP contribution is -2.03. The molecule has 2 rings (SSSR count). The van der Waals surface area contributed by atoms with E-state index in [9.17, 15) is 0 Å². The predicted octanol–water partition coefficient (Wildman–Crippen LogP) is 8.39. The van der Waals surface area contributed by atoms with Crippen LogP contribution in [0.3, 0.4) is 0 Å². The first-order valence-electron chi connectivity index (χ1n) is 9.33. The van der Waals surface area contributed by atoms with Crippen molar-refractivity contribution in [2.24, 2.45) is 0 Å². The maximum atomic E-state index is 6.40. The fourth-order valence-electron chi connectivity index (χ4n) is 3.29. The van der Waals surface area contributed by atoms with Crippen LogP contribution in [0.15, 0.2) is 49.6 Å². The first-order valence-corrected chi connectivity index (χ1v) is 11.5. The van der Waals surface area contributed by atoms with E-state index in [1.807, 2.05) is 12.2 Å². The molecule has 0 atom stereocenters. The van der Waals surface area contributed by atoms with Gasteiger partial charge in [-0.3, -0.25) is 0 Å². The van der Waals surface area contributed by atoms with Crippen molar-refractivity contribution in [1.82, 2.24) is 0 Å². The zero-order chi connectivity index (χ0) is 20.1. The van der Waals surface area contributed by atoms with Gasteiger partial charge in [0.1, 0.15) is 11.5 Å². The van der Waals surface area contributed by atoms with Crippen molar-refractivity contribution in [2.45, 2.75) is 52.4 Å². The Bertz CT molecular complexity index is 765. The van der Waals surface area contributed by atoms with Gasteiger partial charge >= 0.3 is 0 Å². The summed E-state index contributed by atoms with van der Waals surface area (Å²) in [6, 6.07) is 8.59. The molecule has 0 aliphatic rings. The molecule has 0 unspecified atom stereocenters. The van der Waals surface area contributed by atoms with E-state index in [1.54, 1.807) is 0 Å². The van der Waals surface area contributed by atoms with Gasteiger partial charge < -0.3 is 4.74 Å². The van der Waals surface area contributed by atoms with Crippen LogP contribution in [0.25, 0.3) is 0 Å². The average molecular weight is 586 g/mol. The Hall–Kier alpha value is -0.820. The molecule has 0 amide bonds. The fourth-order valence-corrected chi connectivity index (χ4v) is 4.93. The summed E-state index contributed by atoms with van der Waals surface area (Å²) < 4.78 is 8.75. The first kappa shape index (κ1) is 22.5. The van der Waals surface area contributed by atoms with E-state index in [1.165, 1.54) is 29.4 Å². The van der Waals surface area contributed by atoms with E-state index < -0.39 is 0 Å². The van der Waals surface area contributed by atoms with Gasteiger partial charge in [0, 0.05) is 0 Å². The molecule has 0 saturated carbocycles. The highest BCUT2D eigenvalue weighted by atomic mass is 127. The largest absolute Gasteiger partial charge is 0.455 e. The van der Waals surface area contributed by atoms with E-state index in [0.29, 0.717) is 11.8 Å². The molecule has 2 aromatic rings. The lowest BCUT2D eigenvalue weighted by atomic mass is 9.94. The zero-order valence-corrected chi connectivity index (χ0v) is 20.9. The third kappa shape index (κ3) is 5.17. The summed E-state index contributed by atoms with van der Waals surface area (Å²) in [6.07, 6.45) is 5.65. The first-order chi connectivity index (χ1) is 12.8. The summed E-state index contributed by atoms with van der Waals surface area (Å²) in [5.74, 6) is 2.78. The van der Waals surface area contributed by atoms with Crippen LogP contribution in [0.4, 0.5) is 0 Å². The normalized spacial score (nSPS) is 11.1. The molecule has 0 N–H and O–H groups in total. The number of ether oxygens (including phenoxy) is 1. The van der Waals surface area contributed by atoms with Crippen molar-refractivity contribution in [3.05, 3.63) is 79.0 Å². The van der Waals surface area contributed by atoms with Gasteiger partial charge in [0.15, 0.2) is 0 Å². The van der Waals surface area contributed by atoms with E-state index in [0.717, 1.165) is 24.3 Å². The summed E-state index contributed by atoms with van der Waals surface area (Å²) in [7, 11) is 0. The zero-order valence-electron chi connectivity index (χ0n) is 16.6. The summed E-state index contributed by atoms with van der Waals surface area (Å²) in [4.78, 5) is 0. The molecule has 1 nitrogen and oxygen atoms in total. The van der Waals surface area contributed by atoms with Gasteiger partial charge in [-0.1, -0.05) is 52.0 Å². The molecule has 144 valence electrons. The van der Waals surface area contributed by atoms with E-state index in [2.05, 4.69) is 110 Å². The molecule has 0 aliphatic carbocycles. The number of hydrogen-bond donors (Lipinski definition) is 0. The van der Waals surface area contributed by atoms with Crippen LogP contribution in [-0.2, 0) is 12.8 Å². The maximum Gasteiger partial charge on any atom is 0.141 e. The van der Waals surface area contributed by atoms with Gasteiger partial charge in [0.05, 0.1) is 7.14 Å². The van der Waals surface area contributed by atoms with Gasteiger partial charge in [-0.2, -0.15) is 0 Å². The minimum absolute atomic E-state index is 0.479. The van der Waals surface area contributed by atoms with Crippen molar-refractivity contribution < 1.29 is 4.74 Å². The minimum atomic E-state index is 0.479. The van der Waals surface area contributed by atoms with Gasteiger partial charge in [-0.05, 0) is 104 Å². The van der Waals surface area contributed by atoms with Crippen LogP contribution in [0.2, 0.25) is 0 Å². The molecule has 0 saturated heterocycles. The standard InChI is InChI=1S/C24H28I2O/c1-7-9-19-17(15(3)4)11-13-21(23(19)25)27-22-14-12-18(16(5)6)20(10-8-2)24(22)26/h7-8,11-16H,1-2,9-10H2,3-6H3. The Morgan fingerprint density at radius 1 is 0.778 bits per heavy atom. The molecule has 27 heavy (non-hydrogen) atoms. The predicted molar refractivity (Wildman–Crippen MR) is 134 cm³/mol. The van der Waals surface area contributed by atoms with Crippen LogP contribution in [0.5, 0.6) is 11.5 Å². The summed E-state index contributed by atoms with van der Waals surface area (Å²) in [5, 5.41) is 0. The Balaban J connectivity index is 2.51. The summed E-state index contributed by atoms with van der Waals surface area (Å²) in [5.41, 5.74) is 5.36. The lowest BCUT2D eigenvalue weighted by Gasteiger charge is -2.20. The number of benzene rings is 2. The molecule has 3 heteroatoms. The monoisotopic (exact) mass is 586 g/mol. The van der Waals surface area contributed by atoms with Crippen LogP contribution in [-0.4, -0.2) is 0 Å². The minimum Gasteiger partial charge on any atom is -0.455 e. The second-order valence-corrected chi connectivity index (χ2v) is 9.45. The highest BCUT2D eigenvalue weighted by Gasteiger charge is 2.17. The second-order valence-electron chi connectivity index (χ2n) is 7.29. The molecule has 2 aromatic carbocycles. The second kappa shape index (κ2) is 10.1. The topological polar surface area (TPSA) is 9.23 Å². The molecular weight excluding hydrogens is 558 g/mol. The highest BCUT2D eigenvalue weighted by molar-refractivity contribution is 14.1. The molecular formula is C24H28I2O. The van der Waals surface area contributed by atoms with E-state index in [-0.39, 0.29) is 0 Å². The van der Waals surface area contributed by atoms with Crippen molar-refractivity contribution in [3.63, 3.8) is 0 Å². The molecule has 0 aliphatic heterocycles. The SMILES string of the molecule is C=CCc1c(C(C)C)ccc(Oc2ccc(C(C)C)c(CC=C)c2I)c1I. The third-order valence-electron chi connectivity index (χ3n) is 4.65. The lowest BCUT2D eigenvalue weighted by molar-refractivity contribution is 0.473. The Kier molecular flexibility index (Phi) is 8.40. The summed E-state index contributed by atoms with van der Waals surface area (Å²) in [6.45, 7) is 16.8. The maximum absolute atomic E-state index is 6.40. The van der Waals surface area contributed by atoms with Crippen molar-refractivity contribution in [2.75, 3.05) is 0 Å². The Morgan fingerprint density at radius 2 is 1.15 bits per heavy atom. The Morgan fingerprint density at radius 3 is 1.44 bits per heavy atom. The Labute approximate surface area is 191 Å². The van der Waals surface area contributed by atoms with Crippen molar-refractivity contribution in [3.8, 4) is 11.5 Å². The van der Waals surface area contributed by atoms with Gasteiger partial charge in [-0.15, -0.1) is 13.2 Å². The van der Waals surface area contributed by atoms with Crippen molar-refractivity contribution in [1.29, 1.82) is 0 Å². The molecule has 0 heterocycles. The van der Waals surface area contributed by atoms with E-state index in [4.69, 9.17) is 4.74 Å². The number of hydrogen-bond acceptors (Lipinski definition) is 1. The van der Waals surface area contributed by atoms with Crippen LogP contribution >= 0.6 is 45.2 Å². The third-order valence-corrected chi connectivity index (χ3v) is 7.01. The molecule has 0 aromatic heterocycles. The fraction of sp³-hybridized carbons (Fsp3) is 0.333. The van der Waals surface area contributed by atoms with Gasteiger partial charge in [0.25, 0.3) is 0 Å². The molecule has 0 bridgehead atoms. The van der Waals surface area contributed by atoms with Crippen LogP contribution in [0, 0.1) is 7.14 Å². The molecule has 0 radical (unpaired) electrons. The molecule has 0 spiro atoms. The average Bonchev–Trinajstić information content (AvgIpc) is 2.61. The summed E-state index contributed by atoms with van der Waals surface area (Å²) >= 11 is 4.83. The van der Waals surface area contributed by atoms with Crippen LogP contribution < -0.4 is 4.74 Å². The van der Waals surface area contributed by atoms with Gasteiger partial charge in [-0.25, -0.2) is 0 Å². The van der Waals surface area contributed by atoms with E-state index >= 15 is 0 Å². The van der Waals surface area contributed by atoms with Gasteiger partial charge in [0.2, 0.25) is 0 Å². The highest BCUT2D eigenvalue weighted by Crippen LogP contribution is 2.38. The number of allylic oxidation sites excluding steroid dienone is 2. The number of rotatable bonds is 8.